The lowest BCUT2D eigenvalue weighted by Gasteiger charge is -2.43. The van der Waals surface area contributed by atoms with Crippen molar-refractivity contribution in [2.75, 3.05) is 13.6 Å². The number of carboxylic acids is 1. The first-order valence-electron chi connectivity index (χ1n) is 12.4. The number of carboxylic acid groups (broad SMARTS) is 1. The Hall–Kier alpha value is -1.89. The van der Waals surface area contributed by atoms with Gasteiger partial charge in [0.2, 0.25) is 11.8 Å². The summed E-state index contributed by atoms with van der Waals surface area (Å²) < 4.78 is 0. The number of hydrogen-bond acceptors (Lipinski definition) is 4. The number of nitrogens with zero attached hydrogens (tertiary/aromatic N) is 2. The molecule has 2 amide bonds. The quantitative estimate of drug-likeness (QED) is 0.504. The van der Waals surface area contributed by atoms with Crippen LogP contribution in [0, 0.1) is 17.3 Å². The van der Waals surface area contributed by atoms with E-state index in [1.807, 2.05) is 34.6 Å². The number of carbonyl (C=O) groups excluding carboxylic acids is 2. The van der Waals surface area contributed by atoms with Crippen LogP contribution in [0.15, 0.2) is 11.6 Å². The highest BCUT2D eigenvalue weighted by Crippen LogP contribution is 2.28. The third-order valence-corrected chi connectivity index (χ3v) is 6.90. The van der Waals surface area contributed by atoms with Crippen LogP contribution in [0.25, 0.3) is 0 Å². The standard InChI is InChI=1S/C26H47N3O4/c1-11-19-12-13-20(29(15-19)17(4)5)23(30)27-22(26(7,8)9)24(31)28(10)21(16(2)3)14-18(6)25(32)33/h14,16-17,19-22H,11-13,15H2,1-10H3,(H,27,30)(H,32,33)/b18-14+/t19-,20-,21+,22?/m0/s1. The van der Waals surface area contributed by atoms with E-state index in [9.17, 15) is 19.5 Å². The number of likely N-dealkylation sites (N-methyl/N-ethyl adjacent to an activating group) is 1. The van der Waals surface area contributed by atoms with Gasteiger partial charge in [0.1, 0.15) is 6.04 Å². The fourth-order valence-corrected chi connectivity index (χ4v) is 4.58. The minimum Gasteiger partial charge on any atom is -0.478 e. The second-order valence-corrected chi connectivity index (χ2v) is 11.3. The number of nitrogens with one attached hydrogen (secondary N) is 1. The maximum absolute atomic E-state index is 13.6. The van der Waals surface area contributed by atoms with Gasteiger partial charge in [-0.3, -0.25) is 14.5 Å². The van der Waals surface area contributed by atoms with Crippen molar-refractivity contribution in [1.29, 1.82) is 0 Å². The third-order valence-electron chi connectivity index (χ3n) is 6.90. The highest BCUT2D eigenvalue weighted by atomic mass is 16.4. The first kappa shape index (κ1) is 29.1. The molecule has 190 valence electrons. The lowest BCUT2D eigenvalue weighted by Crippen LogP contribution is -2.61. The third kappa shape index (κ3) is 7.83. The van der Waals surface area contributed by atoms with Crippen molar-refractivity contribution in [2.45, 2.75) is 106 Å². The molecule has 7 nitrogen and oxygen atoms in total. The monoisotopic (exact) mass is 465 g/mol. The van der Waals surface area contributed by atoms with E-state index in [4.69, 9.17) is 0 Å². The fraction of sp³-hybridized carbons (Fsp3) is 0.808. The Kier molecular flexibility index (Phi) is 10.6. The number of amides is 2. The zero-order valence-corrected chi connectivity index (χ0v) is 22.4. The summed E-state index contributed by atoms with van der Waals surface area (Å²) in [6, 6.07) is -1.10. The van der Waals surface area contributed by atoms with Gasteiger partial charge in [-0.05, 0) is 50.9 Å². The zero-order chi connectivity index (χ0) is 25.7. The maximum Gasteiger partial charge on any atom is 0.331 e. The molecule has 1 heterocycles. The Bertz CT molecular complexity index is 724. The van der Waals surface area contributed by atoms with Gasteiger partial charge in [0.05, 0.1) is 12.1 Å². The van der Waals surface area contributed by atoms with Gasteiger partial charge in [0.25, 0.3) is 0 Å². The smallest absolute Gasteiger partial charge is 0.331 e. The first-order valence-corrected chi connectivity index (χ1v) is 12.4. The number of aliphatic carboxylic acids is 1. The topological polar surface area (TPSA) is 90.0 Å². The van der Waals surface area contributed by atoms with E-state index in [0.29, 0.717) is 5.92 Å². The highest BCUT2D eigenvalue weighted by molar-refractivity contribution is 5.91. The van der Waals surface area contributed by atoms with Crippen LogP contribution in [0.4, 0.5) is 0 Å². The molecule has 1 aliphatic rings. The Morgan fingerprint density at radius 2 is 1.73 bits per heavy atom. The summed E-state index contributed by atoms with van der Waals surface area (Å²) in [6.07, 6.45) is 4.53. The van der Waals surface area contributed by atoms with E-state index >= 15 is 0 Å². The van der Waals surface area contributed by atoms with Gasteiger partial charge in [0, 0.05) is 25.2 Å². The normalized spacial score (nSPS) is 22.2. The number of rotatable bonds is 9. The molecule has 1 rings (SSSR count). The number of likely N-dealkylation sites (tertiary alicyclic amines) is 1. The zero-order valence-electron chi connectivity index (χ0n) is 22.4. The van der Waals surface area contributed by atoms with Gasteiger partial charge >= 0.3 is 5.97 Å². The second-order valence-electron chi connectivity index (χ2n) is 11.3. The molecular weight excluding hydrogens is 418 g/mol. The van der Waals surface area contributed by atoms with Crippen LogP contribution in [0.1, 0.15) is 81.6 Å². The van der Waals surface area contributed by atoms with Crippen molar-refractivity contribution in [3.05, 3.63) is 11.6 Å². The summed E-state index contributed by atoms with van der Waals surface area (Å²) in [5.74, 6) is -0.691. The first-order chi connectivity index (χ1) is 15.1. The van der Waals surface area contributed by atoms with Gasteiger partial charge < -0.3 is 15.3 Å². The van der Waals surface area contributed by atoms with Crippen molar-refractivity contribution in [2.24, 2.45) is 17.3 Å². The maximum atomic E-state index is 13.6. The van der Waals surface area contributed by atoms with E-state index in [1.165, 1.54) is 6.92 Å². The highest BCUT2D eigenvalue weighted by Gasteiger charge is 2.40. The van der Waals surface area contributed by atoms with Crippen LogP contribution >= 0.6 is 0 Å². The van der Waals surface area contributed by atoms with Crippen LogP contribution in [0.3, 0.4) is 0 Å². The summed E-state index contributed by atoms with van der Waals surface area (Å²) in [4.78, 5) is 42.3. The van der Waals surface area contributed by atoms with Crippen LogP contribution in [-0.4, -0.2) is 70.4 Å². The number of carbonyl (C=O) groups is 3. The molecule has 0 aromatic rings. The molecule has 0 aliphatic carbocycles. The van der Waals surface area contributed by atoms with Gasteiger partial charge in [-0.15, -0.1) is 0 Å². The van der Waals surface area contributed by atoms with Crippen molar-refractivity contribution < 1.29 is 19.5 Å². The summed E-state index contributed by atoms with van der Waals surface area (Å²) in [5.41, 5.74) is -0.304. The van der Waals surface area contributed by atoms with Crippen LogP contribution in [0.2, 0.25) is 0 Å². The minimum absolute atomic E-state index is 0.0188. The van der Waals surface area contributed by atoms with Crippen molar-refractivity contribution in [3.8, 4) is 0 Å². The molecular formula is C26H47N3O4. The predicted octanol–water partition coefficient (Wildman–Crippen LogP) is 3.93. The molecule has 0 spiro atoms. The molecule has 2 N–H and O–H groups in total. The van der Waals surface area contributed by atoms with Crippen LogP contribution in [-0.2, 0) is 14.4 Å². The fourth-order valence-electron chi connectivity index (χ4n) is 4.58. The van der Waals surface area contributed by atoms with Crippen LogP contribution in [0.5, 0.6) is 0 Å². The second kappa shape index (κ2) is 12.0. The molecule has 33 heavy (non-hydrogen) atoms. The largest absolute Gasteiger partial charge is 0.478 e. The summed E-state index contributed by atoms with van der Waals surface area (Å²) in [5, 5.41) is 12.4. The van der Waals surface area contributed by atoms with Crippen molar-refractivity contribution in [1.82, 2.24) is 15.1 Å². The molecule has 1 aliphatic heterocycles. The molecule has 4 atom stereocenters. The van der Waals surface area contributed by atoms with Crippen molar-refractivity contribution in [3.63, 3.8) is 0 Å². The summed E-state index contributed by atoms with van der Waals surface area (Å²) in [7, 11) is 1.69. The van der Waals surface area contributed by atoms with Gasteiger partial charge in [-0.25, -0.2) is 4.79 Å². The van der Waals surface area contributed by atoms with Gasteiger partial charge in [-0.2, -0.15) is 0 Å². The molecule has 0 aromatic heterocycles. The number of hydrogen-bond donors (Lipinski definition) is 2. The van der Waals surface area contributed by atoms with E-state index in [2.05, 4.69) is 31.0 Å². The van der Waals surface area contributed by atoms with E-state index in [1.54, 1.807) is 18.0 Å². The Labute approximate surface area is 201 Å². The molecule has 0 saturated carbocycles. The SMILES string of the molecule is CC[C@H]1CC[C@@H](C(=O)NC(C(=O)N(C)[C@H](/C=C(\C)C(=O)O)C(C)C)C(C)(C)C)N(C(C)C)C1. The minimum atomic E-state index is -1.00. The Morgan fingerprint density at radius 1 is 1.15 bits per heavy atom. The average Bonchev–Trinajstić information content (AvgIpc) is 2.72. The van der Waals surface area contributed by atoms with E-state index < -0.39 is 17.4 Å². The predicted molar refractivity (Wildman–Crippen MR) is 133 cm³/mol. The summed E-state index contributed by atoms with van der Waals surface area (Å²) >= 11 is 0. The molecule has 0 radical (unpaired) electrons. The van der Waals surface area contributed by atoms with E-state index in [0.717, 1.165) is 25.8 Å². The molecule has 0 bridgehead atoms. The lowest BCUT2D eigenvalue weighted by atomic mass is 9.84. The van der Waals surface area contributed by atoms with E-state index in [-0.39, 0.29) is 41.4 Å². The van der Waals surface area contributed by atoms with Gasteiger partial charge in [-0.1, -0.05) is 54.0 Å². The van der Waals surface area contributed by atoms with Crippen LogP contribution < -0.4 is 5.32 Å². The molecule has 1 unspecified atom stereocenters. The van der Waals surface area contributed by atoms with Crippen molar-refractivity contribution >= 4 is 17.8 Å². The lowest BCUT2D eigenvalue weighted by molar-refractivity contribution is -0.142. The number of piperidine rings is 1. The molecule has 1 saturated heterocycles. The Balaban J connectivity index is 3.17. The molecule has 1 fully saturated rings. The van der Waals surface area contributed by atoms with Gasteiger partial charge in [0.15, 0.2) is 0 Å². The molecule has 7 heteroatoms. The average molecular weight is 466 g/mol. The summed E-state index contributed by atoms with van der Waals surface area (Å²) in [6.45, 7) is 18.6. The molecule has 0 aromatic carbocycles. The Morgan fingerprint density at radius 3 is 2.15 bits per heavy atom.